The van der Waals surface area contributed by atoms with Gasteiger partial charge in [-0.3, -0.25) is 4.79 Å². The summed E-state index contributed by atoms with van der Waals surface area (Å²) in [5.74, 6) is 0.196. The van der Waals surface area contributed by atoms with Gasteiger partial charge in [-0.15, -0.1) is 0 Å². The summed E-state index contributed by atoms with van der Waals surface area (Å²) in [4.78, 5) is 19.8. The Hall–Kier alpha value is -2.57. The Balaban J connectivity index is 1.91. The summed E-state index contributed by atoms with van der Waals surface area (Å²) in [6, 6.07) is 7.85. The van der Waals surface area contributed by atoms with Crippen molar-refractivity contribution in [3.8, 4) is 5.75 Å². The number of aromatic nitrogens is 2. The summed E-state index contributed by atoms with van der Waals surface area (Å²) in [6.07, 6.45) is 3.28. The van der Waals surface area contributed by atoms with Crippen molar-refractivity contribution < 1.29 is 14.6 Å². The lowest BCUT2D eigenvalue weighted by molar-refractivity contribution is 0.0917. The van der Waals surface area contributed by atoms with E-state index < -0.39 is 6.04 Å². The molecule has 3 rings (SSSR count). The first kappa shape index (κ1) is 16.3. The van der Waals surface area contributed by atoms with Crippen LogP contribution >= 0.6 is 11.6 Å². The topological polar surface area (TPSA) is 87.2 Å². The van der Waals surface area contributed by atoms with Crippen LogP contribution in [0.25, 0.3) is 11.0 Å². The van der Waals surface area contributed by atoms with E-state index in [9.17, 15) is 9.90 Å². The van der Waals surface area contributed by atoms with E-state index in [2.05, 4.69) is 15.3 Å². The molecule has 2 heterocycles. The Morgan fingerprint density at radius 1 is 1.42 bits per heavy atom. The van der Waals surface area contributed by atoms with E-state index in [1.807, 2.05) is 0 Å². The van der Waals surface area contributed by atoms with Gasteiger partial charge >= 0.3 is 0 Å². The number of carbonyl (C=O) groups is 1. The number of fused-ring (bicyclic) bond motifs is 1. The van der Waals surface area contributed by atoms with Gasteiger partial charge in [0.1, 0.15) is 11.4 Å². The zero-order valence-electron chi connectivity index (χ0n) is 12.9. The van der Waals surface area contributed by atoms with E-state index in [0.29, 0.717) is 27.5 Å². The maximum atomic E-state index is 12.6. The number of aliphatic hydroxyl groups is 1. The molecule has 0 aliphatic carbocycles. The monoisotopic (exact) mass is 345 g/mol. The number of methoxy groups -OCH3 is 1. The molecule has 0 bridgehead atoms. The summed E-state index contributed by atoms with van der Waals surface area (Å²) >= 11 is 5.96. The summed E-state index contributed by atoms with van der Waals surface area (Å²) in [5, 5.41) is 13.8. The summed E-state index contributed by atoms with van der Waals surface area (Å²) in [7, 11) is 1.51. The van der Waals surface area contributed by atoms with E-state index in [-0.39, 0.29) is 12.5 Å². The van der Waals surface area contributed by atoms with Crippen LogP contribution in [0, 0.1) is 0 Å². The van der Waals surface area contributed by atoms with Crippen molar-refractivity contribution in [1.29, 1.82) is 0 Å². The lowest BCUT2D eigenvalue weighted by Crippen LogP contribution is -2.31. The summed E-state index contributed by atoms with van der Waals surface area (Å²) in [5.41, 5.74) is 1.76. The van der Waals surface area contributed by atoms with Gasteiger partial charge < -0.3 is 20.1 Å². The van der Waals surface area contributed by atoms with Crippen LogP contribution in [0.2, 0.25) is 5.02 Å². The minimum Gasteiger partial charge on any atom is -0.496 e. The van der Waals surface area contributed by atoms with Crippen LogP contribution in [0.1, 0.15) is 22.0 Å². The fourth-order valence-electron chi connectivity index (χ4n) is 2.59. The maximum Gasteiger partial charge on any atom is 0.252 e. The molecule has 2 aromatic heterocycles. The summed E-state index contributed by atoms with van der Waals surface area (Å²) in [6.45, 7) is -0.273. The number of benzene rings is 1. The van der Waals surface area contributed by atoms with E-state index in [0.717, 1.165) is 5.39 Å². The average Bonchev–Trinajstić information content (AvgIpc) is 3.08. The fraction of sp³-hybridized carbons (Fsp3) is 0.176. The number of nitrogens with one attached hydrogen (secondary N) is 2. The van der Waals surface area contributed by atoms with Crippen molar-refractivity contribution in [2.75, 3.05) is 13.7 Å². The minimum atomic E-state index is -0.619. The lowest BCUT2D eigenvalue weighted by atomic mass is 10.1. The van der Waals surface area contributed by atoms with E-state index >= 15 is 0 Å². The van der Waals surface area contributed by atoms with Crippen LogP contribution in [-0.2, 0) is 0 Å². The van der Waals surface area contributed by atoms with Crippen LogP contribution in [0.5, 0.6) is 5.75 Å². The molecule has 3 aromatic rings. The molecule has 0 saturated heterocycles. The summed E-state index contributed by atoms with van der Waals surface area (Å²) < 4.78 is 5.29. The first-order valence-electron chi connectivity index (χ1n) is 7.31. The first-order valence-corrected chi connectivity index (χ1v) is 7.69. The molecule has 1 atom stereocenters. The molecule has 3 N–H and O–H groups in total. The van der Waals surface area contributed by atoms with Crippen LogP contribution in [-0.4, -0.2) is 34.7 Å². The SMILES string of the molecule is COc1cc(Cl)ccc1C(CO)NC(=O)c1ccnc2[nH]ccc12. The molecule has 6 nitrogen and oxygen atoms in total. The number of halogens is 1. The van der Waals surface area contributed by atoms with Crippen molar-refractivity contribution >= 4 is 28.5 Å². The Labute approximate surface area is 143 Å². The molecule has 1 aromatic carbocycles. The van der Waals surface area contributed by atoms with E-state index in [1.165, 1.54) is 7.11 Å². The fourth-order valence-corrected chi connectivity index (χ4v) is 2.75. The molecule has 0 saturated carbocycles. The molecule has 1 amide bonds. The minimum absolute atomic E-state index is 0.273. The van der Waals surface area contributed by atoms with E-state index in [1.54, 1.807) is 42.7 Å². The Morgan fingerprint density at radius 2 is 2.25 bits per heavy atom. The lowest BCUT2D eigenvalue weighted by Gasteiger charge is -2.19. The van der Waals surface area contributed by atoms with Crippen molar-refractivity contribution in [2.24, 2.45) is 0 Å². The number of pyridine rings is 1. The second-order valence-corrected chi connectivity index (χ2v) is 5.63. The molecule has 7 heteroatoms. The zero-order valence-corrected chi connectivity index (χ0v) is 13.7. The molecule has 24 heavy (non-hydrogen) atoms. The molecule has 0 fully saturated rings. The van der Waals surface area contributed by atoms with E-state index in [4.69, 9.17) is 16.3 Å². The highest BCUT2D eigenvalue weighted by atomic mass is 35.5. The Morgan fingerprint density at radius 3 is 3.00 bits per heavy atom. The number of aliphatic hydroxyl groups excluding tert-OH is 1. The van der Waals surface area contributed by atoms with Gasteiger partial charge in [0.2, 0.25) is 0 Å². The molecule has 0 aliphatic heterocycles. The van der Waals surface area contributed by atoms with Gasteiger partial charge in [0.05, 0.1) is 25.3 Å². The second kappa shape index (κ2) is 6.90. The Bertz CT molecular complexity index is 878. The highest BCUT2D eigenvalue weighted by molar-refractivity contribution is 6.30. The maximum absolute atomic E-state index is 12.6. The Kier molecular flexibility index (Phi) is 4.69. The number of hydrogen-bond acceptors (Lipinski definition) is 4. The highest BCUT2D eigenvalue weighted by Crippen LogP contribution is 2.28. The quantitative estimate of drug-likeness (QED) is 0.663. The van der Waals surface area contributed by atoms with Crippen molar-refractivity contribution in [2.45, 2.75) is 6.04 Å². The first-order chi connectivity index (χ1) is 11.6. The van der Waals surface area contributed by atoms with Crippen LogP contribution < -0.4 is 10.1 Å². The highest BCUT2D eigenvalue weighted by Gasteiger charge is 2.20. The third kappa shape index (κ3) is 3.06. The molecular formula is C17H16ClN3O3. The number of carbonyl (C=O) groups excluding carboxylic acids is 1. The molecule has 1 unspecified atom stereocenters. The molecule has 0 radical (unpaired) electrons. The van der Waals surface area contributed by atoms with Crippen LogP contribution in [0.3, 0.4) is 0 Å². The van der Waals surface area contributed by atoms with Gasteiger partial charge in [0, 0.05) is 28.4 Å². The van der Waals surface area contributed by atoms with Crippen molar-refractivity contribution in [1.82, 2.24) is 15.3 Å². The number of H-pyrrole nitrogens is 1. The average molecular weight is 346 g/mol. The largest absolute Gasteiger partial charge is 0.496 e. The predicted octanol–water partition coefficient (Wildman–Crippen LogP) is 2.69. The molecular weight excluding hydrogens is 330 g/mol. The van der Waals surface area contributed by atoms with Gasteiger partial charge in [-0.2, -0.15) is 0 Å². The van der Waals surface area contributed by atoms with Gasteiger partial charge in [0.15, 0.2) is 0 Å². The van der Waals surface area contributed by atoms with Gasteiger partial charge in [-0.05, 0) is 24.3 Å². The predicted molar refractivity (Wildman–Crippen MR) is 91.4 cm³/mol. The zero-order chi connectivity index (χ0) is 17.1. The standard InChI is InChI=1S/C17H16ClN3O3/c1-24-15-8-10(18)2-3-13(15)14(9-22)21-17(23)12-5-7-20-16-11(12)4-6-19-16/h2-8,14,22H,9H2,1H3,(H,19,20)(H,21,23). The molecule has 0 spiro atoms. The van der Waals surface area contributed by atoms with Crippen LogP contribution in [0.4, 0.5) is 0 Å². The normalized spacial score (nSPS) is 12.1. The molecule has 124 valence electrons. The molecule has 0 aliphatic rings. The number of rotatable bonds is 5. The van der Waals surface area contributed by atoms with Gasteiger partial charge in [-0.25, -0.2) is 4.98 Å². The third-order valence-electron chi connectivity index (χ3n) is 3.76. The van der Waals surface area contributed by atoms with Gasteiger partial charge in [-0.1, -0.05) is 17.7 Å². The second-order valence-electron chi connectivity index (χ2n) is 5.19. The van der Waals surface area contributed by atoms with Crippen molar-refractivity contribution in [3.05, 3.63) is 58.9 Å². The van der Waals surface area contributed by atoms with Crippen molar-refractivity contribution in [3.63, 3.8) is 0 Å². The smallest absolute Gasteiger partial charge is 0.252 e. The number of aromatic amines is 1. The van der Waals surface area contributed by atoms with Crippen LogP contribution in [0.15, 0.2) is 42.7 Å². The number of ether oxygens (including phenoxy) is 1. The van der Waals surface area contributed by atoms with Gasteiger partial charge in [0.25, 0.3) is 5.91 Å². The number of amides is 1. The number of hydrogen-bond donors (Lipinski definition) is 3. The number of nitrogens with zero attached hydrogens (tertiary/aromatic N) is 1. The third-order valence-corrected chi connectivity index (χ3v) is 4.00.